The molecule has 0 aliphatic heterocycles. The third kappa shape index (κ3) is 3.70. The van der Waals surface area contributed by atoms with Gasteiger partial charge in [-0.2, -0.15) is 0 Å². The van der Waals surface area contributed by atoms with Crippen LogP contribution in [-0.2, 0) is 0 Å². The highest BCUT2D eigenvalue weighted by atomic mass is 35.5. The van der Waals surface area contributed by atoms with Crippen LogP contribution in [0.1, 0.15) is 18.0 Å². The fourth-order valence-electron chi connectivity index (χ4n) is 1.26. The summed E-state index contributed by atoms with van der Waals surface area (Å²) in [6.07, 6.45) is 0.564. The van der Waals surface area contributed by atoms with Gasteiger partial charge >= 0.3 is 0 Å². The maximum atomic E-state index is 9.58. The van der Waals surface area contributed by atoms with Crippen LogP contribution in [-0.4, -0.2) is 11.7 Å². The van der Waals surface area contributed by atoms with E-state index in [1.165, 1.54) is 6.07 Å². The Morgan fingerprint density at radius 2 is 1.93 bits per heavy atom. The molecule has 0 amide bonds. The quantitative estimate of drug-likeness (QED) is 0.791. The number of nitrogens with two attached hydrogens (primary N) is 2. The van der Waals surface area contributed by atoms with Crippen molar-refractivity contribution in [3.8, 4) is 5.75 Å². The summed E-state index contributed by atoms with van der Waals surface area (Å²) in [6.45, 7) is 0.444. The number of halogens is 3. The summed E-state index contributed by atoms with van der Waals surface area (Å²) in [5.41, 5.74) is 11.7. The van der Waals surface area contributed by atoms with Gasteiger partial charge < -0.3 is 16.6 Å². The number of phenols is 1. The smallest absolute Gasteiger partial charge is 0.123 e. The highest BCUT2D eigenvalue weighted by Gasteiger charge is 2.15. The first-order chi connectivity index (χ1) is 6.56. The fraction of sp³-hybridized carbons (Fsp3) is 0.333. The predicted octanol–water partition coefficient (Wildman–Crippen LogP) is 2.47. The Kier molecular flexibility index (Phi) is 6.32. The van der Waals surface area contributed by atoms with Gasteiger partial charge in [0.2, 0.25) is 0 Å². The summed E-state index contributed by atoms with van der Waals surface area (Å²) < 4.78 is 0. The van der Waals surface area contributed by atoms with Crippen LogP contribution >= 0.6 is 35.6 Å². The van der Waals surface area contributed by atoms with E-state index in [1.54, 1.807) is 6.07 Å². The van der Waals surface area contributed by atoms with Crippen LogP contribution in [0.15, 0.2) is 12.1 Å². The maximum absolute atomic E-state index is 9.58. The van der Waals surface area contributed by atoms with Crippen LogP contribution in [0, 0.1) is 0 Å². The average Bonchev–Trinajstić information content (AvgIpc) is 2.01. The third-order valence-electron chi connectivity index (χ3n) is 1.92. The van der Waals surface area contributed by atoms with Crippen LogP contribution in [0.4, 0.5) is 0 Å². The van der Waals surface area contributed by atoms with Crippen molar-refractivity contribution in [1.29, 1.82) is 0 Å². The summed E-state index contributed by atoms with van der Waals surface area (Å²) in [7, 11) is 0. The minimum Gasteiger partial charge on any atom is -0.508 e. The van der Waals surface area contributed by atoms with Crippen LogP contribution in [0.25, 0.3) is 0 Å². The summed E-state index contributed by atoms with van der Waals surface area (Å²) in [5.74, 6) is 0.0171. The molecule has 0 saturated heterocycles. The third-order valence-corrected chi connectivity index (χ3v) is 2.45. The Morgan fingerprint density at radius 3 is 2.40 bits per heavy atom. The summed E-state index contributed by atoms with van der Waals surface area (Å²) in [6, 6.07) is 2.61. The molecule has 1 rings (SSSR count). The molecule has 0 spiro atoms. The van der Waals surface area contributed by atoms with Crippen LogP contribution < -0.4 is 11.5 Å². The second-order valence-electron chi connectivity index (χ2n) is 3.00. The van der Waals surface area contributed by atoms with E-state index in [-0.39, 0.29) is 24.2 Å². The molecule has 0 radical (unpaired) electrons. The van der Waals surface area contributed by atoms with Crippen LogP contribution in [0.3, 0.4) is 0 Å². The molecule has 1 atom stereocenters. The zero-order valence-corrected chi connectivity index (χ0v) is 10.2. The van der Waals surface area contributed by atoms with Crippen molar-refractivity contribution in [2.24, 2.45) is 11.5 Å². The maximum Gasteiger partial charge on any atom is 0.123 e. The zero-order valence-electron chi connectivity index (χ0n) is 7.91. The second kappa shape index (κ2) is 6.40. The zero-order chi connectivity index (χ0) is 10.7. The van der Waals surface area contributed by atoms with E-state index in [9.17, 15) is 5.11 Å². The minimum atomic E-state index is -0.357. The first kappa shape index (κ1) is 14.8. The lowest BCUT2D eigenvalue weighted by Gasteiger charge is -2.14. The standard InChI is InChI=1S/C9H12Cl2N2O.ClH/c10-5-3-6(11)9(8(14)4-5)7(13)1-2-12;/h3-4,7,14H,1-2,12-13H2;1H/t7-;/m0./s1. The van der Waals surface area contributed by atoms with Crippen LogP contribution in [0.5, 0.6) is 5.75 Å². The lowest BCUT2D eigenvalue weighted by molar-refractivity contribution is 0.459. The van der Waals surface area contributed by atoms with Gasteiger partial charge in [0.1, 0.15) is 5.75 Å². The van der Waals surface area contributed by atoms with E-state index in [0.29, 0.717) is 28.6 Å². The molecular weight excluding hydrogens is 258 g/mol. The average molecular weight is 272 g/mol. The molecule has 15 heavy (non-hydrogen) atoms. The van der Waals surface area contributed by atoms with Gasteiger partial charge in [0, 0.05) is 16.6 Å². The molecule has 6 heteroatoms. The van der Waals surface area contributed by atoms with Crippen molar-refractivity contribution in [2.75, 3.05) is 6.54 Å². The topological polar surface area (TPSA) is 72.3 Å². The van der Waals surface area contributed by atoms with Gasteiger partial charge in [-0.25, -0.2) is 0 Å². The Labute approximate surface area is 105 Å². The summed E-state index contributed by atoms with van der Waals surface area (Å²) in [5, 5.41) is 10.3. The number of hydrogen-bond donors (Lipinski definition) is 3. The van der Waals surface area contributed by atoms with E-state index in [2.05, 4.69) is 0 Å². The Morgan fingerprint density at radius 1 is 1.33 bits per heavy atom. The molecule has 0 heterocycles. The van der Waals surface area contributed by atoms with E-state index in [1.807, 2.05) is 0 Å². The lowest BCUT2D eigenvalue weighted by atomic mass is 10.0. The molecular formula is C9H13Cl3N2O. The molecule has 86 valence electrons. The van der Waals surface area contributed by atoms with Gasteiger partial charge in [0.05, 0.1) is 5.02 Å². The second-order valence-corrected chi connectivity index (χ2v) is 3.85. The SMILES string of the molecule is Cl.NCC[C@H](N)c1c(O)cc(Cl)cc1Cl. The predicted molar refractivity (Wildman–Crippen MR) is 66.0 cm³/mol. The molecule has 0 aliphatic carbocycles. The highest BCUT2D eigenvalue weighted by Crippen LogP contribution is 2.34. The summed E-state index contributed by atoms with van der Waals surface area (Å²) in [4.78, 5) is 0. The van der Waals surface area contributed by atoms with Gasteiger partial charge in [-0.3, -0.25) is 0 Å². The van der Waals surface area contributed by atoms with Gasteiger partial charge in [-0.1, -0.05) is 23.2 Å². The first-order valence-electron chi connectivity index (χ1n) is 4.19. The van der Waals surface area contributed by atoms with E-state index in [4.69, 9.17) is 34.7 Å². The summed E-state index contributed by atoms with van der Waals surface area (Å²) >= 11 is 11.6. The largest absolute Gasteiger partial charge is 0.508 e. The Bertz CT molecular complexity index is 310. The molecule has 0 unspecified atom stereocenters. The van der Waals surface area contributed by atoms with Crippen molar-refractivity contribution in [2.45, 2.75) is 12.5 Å². The molecule has 0 fully saturated rings. The van der Waals surface area contributed by atoms with Gasteiger partial charge in [0.25, 0.3) is 0 Å². The van der Waals surface area contributed by atoms with E-state index >= 15 is 0 Å². The molecule has 3 nitrogen and oxygen atoms in total. The van der Waals surface area contributed by atoms with Crippen molar-refractivity contribution in [1.82, 2.24) is 0 Å². The molecule has 0 aromatic heterocycles. The molecule has 1 aromatic rings. The Hall–Kier alpha value is -0.190. The Balaban J connectivity index is 0.00000196. The number of benzene rings is 1. The molecule has 5 N–H and O–H groups in total. The van der Waals surface area contributed by atoms with E-state index < -0.39 is 0 Å². The number of phenolic OH excluding ortho intramolecular Hbond substituents is 1. The van der Waals surface area contributed by atoms with Crippen molar-refractivity contribution in [3.05, 3.63) is 27.7 Å². The lowest BCUT2D eigenvalue weighted by Crippen LogP contribution is -2.15. The molecule has 0 aliphatic rings. The molecule has 1 aromatic carbocycles. The number of rotatable bonds is 3. The van der Waals surface area contributed by atoms with Gasteiger partial charge in [-0.05, 0) is 25.1 Å². The first-order valence-corrected chi connectivity index (χ1v) is 4.95. The van der Waals surface area contributed by atoms with Crippen molar-refractivity contribution < 1.29 is 5.11 Å². The monoisotopic (exact) mass is 270 g/mol. The fourth-order valence-corrected chi connectivity index (χ4v) is 1.88. The normalized spacial score (nSPS) is 12.0. The van der Waals surface area contributed by atoms with Gasteiger partial charge in [0.15, 0.2) is 0 Å². The van der Waals surface area contributed by atoms with Crippen LogP contribution in [0.2, 0.25) is 10.0 Å². The highest BCUT2D eigenvalue weighted by molar-refractivity contribution is 6.35. The number of hydrogen-bond acceptors (Lipinski definition) is 3. The van der Waals surface area contributed by atoms with Gasteiger partial charge in [-0.15, -0.1) is 12.4 Å². The van der Waals surface area contributed by atoms with Crippen molar-refractivity contribution >= 4 is 35.6 Å². The minimum absolute atomic E-state index is 0. The van der Waals surface area contributed by atoms with E-state index in [0.717, 1.165) is 0 Å². The van der Waals surface area contributed by atoms with Crippen molar-refractivity contribution in [3.63, 3.8) is 0 Å². The molecule has 0 bridgehead atoms. The molecule has 0 saturated carbocycles. The number of aromatic hydroxyl groups is 1.